The number of carbonyl (C=O) groups excluding carboxylic acids is 4. The fourth-order valence-corrected chi connectivity index (χ4v) is 2.65. The highest BCUT2D eigenvalue weighted by atomic mass is 16.5. The van der Waals surface area contributed by atoms with E-state index in [0.29, 0.717) is 12.5 Å². The van der Waals surface area contributed by atoms with Crippen LogP contribution in [0.15, 0.2) is 35.3 Å². The molecule has 0 aliphatic rings. The van der Waals surface area contributed by atoms with E-state index in [4.69, 9.17) is 5.73 Å². The molecule has 182 valence electrons. The minimum Gasteiger partial charge on any atom is -0.466 e. The van der Waals surface area contributed by atoms with Crippen molar-refractivity contribution in [3.8, 4) is 0 Å². The Kier molecular flexibility index (Phi) is 12.2. The normalized spacial score (nSPS) is 12.6. The topological polar surface area (TPSA) is 162 Å². The van der Waals surface area contributed by atoms with E-state index < -0.39 is 29.4 Å². The lowest BCUT2D eigenvalue weighted by molar-refractivity contribution is -0.134. The lowest BCUT2D eigenvalue weighted by Gasteiger charge is -2.18. The van der Waals surface area contributed by atoms with E-state index >= 15 is 0 Å². The van der Waals surface area contributed by atoms with Gasteiger partial charge in [0.25, 0.3) is 5.56 Å². The number of amides is 3. The molecule has 1 aromatic heterocycles. The van der Waals surface area contributed by atoms with Gasteiger partial charge in [0, 0.05) is 18.8 Å². The third kappa shape index (κ3) is 10.1. The van der Waals surface area contributed by atoms with Crippen molar-refractivity contribution in [3.63, 3.8) is 0 Å². The van der Waals surface area contributed by atoms with E-state index in [1.165, 1.54) is 42.2 Å². The molecule has 1 aromatic rings. The second kappa shape index (κ2) is 14.6. The summed E-state index contributed by atoms with van der Waals surface area (Å²) >= 11 is 0. The fraction of sp³-hybridized carbons (Fsp3) is 0.500. The molecule has 0 saturated heterocycles. The molecule has 1 rings (SSSR count). The van der Waals surface area contributed by atoms with Crippen molar-refractivity contribution in [2.75, 3.05) is 25.5 Å². The van der Waals surface area contributed by atoms with Gasteiger partial charge >= 0.3 is 5.97 Å². The first-order chi connectivity index (χ1) is 15.7. The van der Waals surface area contributed by atoms with Crippen LogP contribution in [0.25, 0.3) is 0 Å². The van der Waals surface area contributed by atoms with Crippen molar-refractivity contribution in [2.45, 2.75) is 45.7 Å². The van der Waals surface area contributed by atoms with Gasteiger partial charge in [-0.3, -0.25) is 19.2 Å². The van der Waals surface area contributed by atoms with Gasteiger partial charge in [-0.2, -0.15) is 0 Å². The summed E-state index contributed by atoms with van der Waals surface area (Å²) in [5, 5.41) is 7.76. The SMILES string of the molecule is CCC(C)CNC(=O)Cn1cccc(NC(=O)C(CCC=CC(=O)OC)NC(=O)CN)c1=O. The van der Waals surface area contributed by atoms with Gasteiger partial charge in [-0.15, -0.1) is 0 Å². The number of hydrogen-bond donors (Lipinski definition) is 4. The second-order valence-corrected chi connectivity index (χ2v) is 7.49. The van der Waals surface area contributed by atoms with E-state index in [1.54, 1.807) is 0 Å². The van der Waals surface area contributed by atoms with E-state index in [-0.39, 0.29) is 37.5 Å². The number of esters is 1. The zero-order valence-corrected chi connectivity index (χ0v) is 19.3. The summed E-state index contributed by atoms with van der Waals surface area (Å²) in [7, 11) is 1.24. The lowest BCUT2D eigenvalue weighted by Crippen LogP contribution is -2.46. The lowest BCUT2D eigenvalue weighted by atomic mass is 10.1. The van der Waals surface area contributed by atoms with Crippen LogP contribution in [0.4, 0.5) is 5.69 Å². The third-order valence-electron chi connectivity index (χ3n) is 4.85. The monoisotopic (exact) mass is 463 g/mol. The molecule has 0 spiro atoms. The molecule has 11 nitrogen and oxygen atoms in total. The molecule has 0 aliphatic heterocycles. The minimum absolute atomic E-state index is 0.0330. The molecule has 3 amide bonds. The number of anilines is 1. The largest absolute Gasteiger partial charge is 0.466 e. The maximum absolute atomic E-state index is 12.7. The molecule has 5 N–H and O–H groups in total. The van der Waals surface area contributed by atoms with Crippen molar-refractivity contribution < 1.29 is 23.9 Å². The Morgan fingerprint density at radius 1 is 1.24 bits per heavy atom. The van der Waals surface area contributed by atoms with Gasteiger partial charge in [-0.25, -0.2) is 4.79 Å². The number of methoxy groups -OCH3 is 1. The molecule has 11 heteroatoms. The predicted octanol–water partition coefficient (Wildman–Crippen LogP) is -0.0980. The van der Waals surface area contributed by atoms with Crippen LogP contribution < -0.4 is 27.2 Å². The smallest absolute Gasteiger partial charge is 0.330 e. The van der Waals surface area contributed by atoms with Crippen LogP contribution in [-0.2, 0) is 30.5 Å². The average molecular weight is 464 g/mol. The molecule has 2 atom stereocenters. The fourth-order valence-electron chi connectivity index (χ4n) is 2.65. The van der Waals surface area contributed by atoms with Crippen LogP contribution in [0.5, 0.6) is 0 Å². The maximum atomic E-state index is 12.7. The minimum atomic E-state index is -0.991. The highest BCUT2D eigenvalue weighted by Crippen LogP contribution is 2.05. The molecule has 0 saturated carbocycles. The summed E-state index contributed by atoms with van der Waals surface area (Å²) in [6.07, 6.45) is 5.53. The first-order valence-electron chi connectivity index (χ1n) is 10.7. The highest BCUT2D eigenvalue weighted by Gasteiger charge is 2.21. The summed E-state index contributed by atoms with van der Waals surface area (Å²) in [4.78, 5) is 60.4. The summed E-state index contributed by atoms with van der Waals surface area (Å²) in [6, 6.07) is 1.95. The third-order valence-corrected chi connectivity index (χ3v) is 4.85. The van der Waals surface area contributed by atoms with Crippen LogP contribution in [-0.4, -0.2) is 54.5 Å². The zero-order chi connectivity index (χ0) is 24.8. The van der Waals surface area contributed by atoms with E-state index in [2.05, 4.69) is 20.7 Å². The molecular formula is C22H33N5O6. The number of pyridine rings is 1. The Balaban J connectivity index is 2.87. The van der Waals surface area contributed by atoms with E-state index in [9.17, 15) is 24.0 Å². The van der Waals surface area contributed by atoms with Crippen molar-refractivity contribution in [1.82, 2.24) is 15.2 Å². The molecular weight excluding hydrogens is 430 g/mol. The van der Waals surface area contributed by atoms with Crippen LogP contribution in [0.1, 0.15) is 33.1 Å². The Bertz CT molecular complexity index is 911. The number of carbonyl (C=O) groups is 4. The Hall–Kier alpha value is -3.47. The molecule has 0 fully saturated rings. The molecule has 33 heavy (non-hydrogen) atoms. The molecule has 2 unspecified atom stereocenters. The van der Waals surface area contributed by atoms with Gasteiger partial charge in [0.15, 0.2) is 0 Å². The predicted molar refractivity (Wildman–Crippen MR) is 123 cm³/mol. The van der Waals surface area contributed by atoms with Crippen LogP contribution in [0, 0.1) is 5.92 Å². The second-order valence-electron chi connectivity index (χ2n) is 7.49. The number of nitrogens with two attached hydrogens (primary N) is 1. The van der Waals surface area contributed by atoms with Gasteiger partial charge in [0.2, 0.25) is 17.7 Å². The van der Waals surface area contributed by atoms with Gasteiger partial charge in [0.05, 0.1) is 13.7 Å². The number of aromatic nitrogens is 1. The Labute approximate surface area is 192 Å². The van der Waals surface area contributed by atoms with Crippen molar-refractivity contribution in [3.05, 3.63) is 40.8 Å². The van der Waals surface area contributed by atoms with Gasteiger partial charge in [-0.05, 0) is 30.9 Å². The van der Waals surface area contributed by atoms with Crippen molar-refractivity contribution in [2.24, 2.45) is 11.7 Å². The Morgan fingerprint density at radius 3 is 2.61 bits per heavy atom. The maximum Gasteiger partial charge on any atom is 0.330 e. The number of allylic oxidation sites excluding steroid dienone is 1. The zero-order valence-electron chi connectivity index (χ0n) is 19.3. The first kappa shape index (κ1) is 27.6. The summed E-state index contributed by atoms with van der Waals surface area (Å²) < 4.78 is 5.68. The van der Waals surface area contributed by atoms with Crippen molar-refractivity contribution >= 4 is 29.4 Å². The molecule has 0 aliphatic carbocycles. The number of rotatable bonds is 13. The standard InChI is InChI=1S/C22H33N5O6/c1-4-15(2)13-24-19(29)14-27-11-7-9-17(22(27)32)26-21(31)16(25-18(28)12-23)8-5-6-10-20(30)33-3/h6-7,9-11,15-16H,4-5,8,12-14,23H2,1-3H3,(H,24,29)(H,25,28)(H,26,31). The van der Waals surface area contributed by atoms with E-state index in [0.717, 1.165) is 6.42 Å². The van der Waals surface area contributed by atoms with Gasteiger partial charge in [-0.1, -0.05) is 26.3 Å². The summed E-state index contributed by atoms with van der Waals surface area (Å²) in [5.74, 6) is -1.71. The number of hydrogen-bond acceptors (Lipinski definition) is 7. The quantitative estimate of drug-likeness (QED) is 0.235. The molecule has 0 bridgehead atoms. The van der Waals surface area contributed by atoms with E-state index in [1.807, 2.05) is 13.8 Å². The van der Waals surface area contributed by atoms with Crippen LogP contribution in [0.3, 0.4) is 0 Å². The Morgan fingerprint density at radius 2 is 1.97 bits per heavy atom. The summed E-state index contributed by atoms with van der Waals surface area (Å²) in [6.45, 7) is 4.03. The number of nitrogens with one attached hydrogen (secondary N) is 3. The first-order valence-corrected chi connectivity index (χ1v) is 10.7. The van der Waals surface area contributed by atoms with Crippen LogP contribution in [0.2, 0.25) is 0 Å². The summed E-state index contributed by atoms with van der Waals surface area (Å²) in [5.41, 5.74) is 4.73. The molecule has 0 aromatic carbocycles. The van der Waals surface area contributed by atoms with Crippen LogP contribution >= 0.6 is 0 Å². The molecule has 0 radical (unpaired) electrons. The van der Waals surface area contributed by atoms with Gasteiger partial charge in [0.1, 0.15) is 18.3 Å². The van der Waals surface area contributed by atoms with Crippen molar-refractivity contribution in [1.29, 1.82) is 0 Å². The number of nitrogens with zero attached hydrogens (tertiary/aromatic N) is 1. The number of ether oxygens (including phenoxy) is 1. The molecule has 1 heterocycles. The average Bonchev–Trinajstić information content (AvgIpc) is 2.81. The van der Waals surface area contributed by atoms with Gasteiger partial charge < -0.3 is 31.0 Å². The highest BCUT2D eigenvalue weighted by molar-refractivity contribution is 5.97.